The summed E-state index contributed by atoms with van der Waals surface area (Å²) < 4.78 is 0. The first-order valence-corrected chi connectivity index (χ1v) is 7.33. The first-order valence-electron chi connectivity index (χ1n) is 7.33. The van der Waals surface area contributed by atoms with Gasteiger partial charge in [0.1, 0.15) is 0 Å². The van der Waals surface area contributed by atoms with E-state index >= 15 is 0 Å². The van der Waals surface area contributed by atoms with Crippen LogP contribution in [0.25, 0.3) is 21.5 Å². The summed E-state index contributed by atoms with van der Waals surface area (Å²) >= 11 is 0. The zero-order chi connectivity index (χ0) is 14.1. The molecule has 2 heteroatoms. The van der Waals surface area contributed by atoms with Crippen molar-refractivity contribution in [1.29, 1.82) is 0 Å². The van der Waals surface area contributed by atoms with E-state index in [2.05, 4.69) is 68.4 Å². The Kier molecular flexibility index (Phi) is 4.87. The van der Waals surface area contributed by atoms with Gasteiger partial charge < -0.3 is 5.73 Å². The van der Waals surface area contributed by atoms with Crippen LogP contribution in [0.2, 0.25) is 0 Å². The Labute approximate surface area is 132 Å². The molecule has 110 valence electrons. The van der Waals surface area contributed by atoms with Crippen LogP contribution in [-0.2, 0) is 0 Å². The summed E-state index contributed by atoms with van der Waals surface area (Å²) in [5.74, 6) is 0.600. The Morgan fingerprint density at radius 3 is 1.81 bits per heavy atom. The maximum atomic E-state index is 6.53. The molecule has 0 radical (unpaired) electrons. The van der Waals surface area contributed by atoms with Crippen molar-refractivity contribution in [1.82, 2.24) is 0 Å². The maximum absolute atomic E-state index is 6.53. The lowest BCUT2D eigenvalue weighted by atomic mass is 9.89. The van der Waals surface area contributed by atoms with E-state index < -0.39 is 0 Å². The number of benzene rings is 3. The van der Waals surface area contributed by atoms with Gasteiger partial charge in [-0.2, -0.15) is 0 Å². The van der Waals surface area contributed by atoms with Crippen molar-refractivity contribution in [2.75, 3.05) is 0 Å². The predicted molar refractivity (Wildman–Crippen MR) is 95.1 cm³/mol. The highest BCUT2D eigenvalue weighted by molar-refractivity contribution is 6.02. The minimum absolute atomic E-state index is 0. The summed E-state index contributed by atoms with van der Waals surface area (Å²) in [4.78, 5) is 0. The summed E-state index contributed by atoms with van der Waals surface area (Å²) in [5.41, 5.74) is 7.83. The summed E-state index contributed by atoms with van der Waals surface area (Å²) in [5, 5.41) is 5.14. The topological polar surface area (TPSA) is 26.0 Å². The smallest absolute Gasteiger partial charge is 0.0309 e. The Bertz CT molecular complexity index is 695. The maximum Gasteiger partial charge on any atom is 0.0309 e. The van der Waals surface area contributed by atoms with E-state index in [0.29, 0.717) is 5.92 Å². The van der Waals surface area contributed by atoms with E-state index in [1.807, 2.05) is 0 Å². The largest absolute Gasteiger partial charge is 0.324 e. The van der Waals surface area contributed by atoms with Crippen LogP contribution in [0.1, 0.15) is 31.9 Å². The van der Waals surface area contributed by atoms with Crippen molar-refractivity contribution < 1.29 is 0 Å². The fourth-order valence-corrected chi connectivity index (χ4v) is 3.07. The third kappa shape index (κ3) is 3.04. The van der Waals surface area contributed by atoms with Crippen LogP contribution < -0.4 is 5.73 Å². The van der Waals surface area contributed by atoms with Gasteiger partial charge in [0.25, 0.3) is 0 Å². The number of hydrogen-bond acceptors (Lipinski definition) is 1. The third-order valence-corrected chi connectivity index (χ3v) is 3.91. The number of nitrogens with two attached hydrogens (primary N) is 1. The standard InChI is InChI=1S/C19H21N.ClH/c1-13(2)11-18(20)19-16-9-5-3-7-14(16)12-15-8-4-6-10-17(15)19;/h3-10,12-13,18H,11,20H2,1-2H3;1H/t18-;/m0./s1. The average molecular weight is 300 g/mol. The minimum atomic E-state index is 0. The van der Waals surface area contributed by atoms with Crippen LogP contribution in [0.3, 0.4) is 0 Å². The molecule has 0 aliphatic carbocycles. The fourth-order valence-electron chi connectivity index (χ4n) is 3.07. The van der Waals surface area contributed by atoms with Gasteiger partial charge in [-0.1, -0.05) is 62.4 Å². The second-order valence-corrected chi connectivity index (χ2v) is 5.97. The Balaban J connectivity index is 0.00000161. The van der Waals surface area contributed by atoms with E-state index in [-0.39, 0.29) is 18.4 Å². The Morgan fingerprint density at radius 1 is 0.857 bits per heavy atom. The van der Waals surface area contributed by atoms with Crippen LogP contribution in [0.5, 0.6) is 0 Å². The van der Waals surface area contributed by atoms with Crippen LogP contribution in [0.15, 0.2) is 54.6 Å². The molecule has 0 saturated heterocycles. The van der Waals surface area contributed by atoms with Gasteiger partial charge in [-0.15, -0.1) is 12.4 Å². The molecular formula is C19H22ClN. The first kappa shape index (κ1) is 15.8. The molecule has 0 saturated carbocycles. The molecule has 0 amide bonds. The minimum Gasteiger partial charge on any atom is -0.324 e. The molecule has 0 aromatic heterocycles. The van der Waals surface area contributed by atoms with Gasteiger partial charge in [0.15, 0.2) is 0 Å². The van der Waals surface area contributed by atoms with Crippen LogP contribution in [-0.4, -0.2) is 0 Å². The van der Waals surface area contributed by atoms with Crippen molar-refractivity contribution in [2.45, 2.75) is 26.3 Å². The van der Waals surface area contributed by atoms with Gasteiger partial charge >= 0.3 is 0 Å². The van der Waals surface area contributed by atoms with Gasteiger partial charge in [-0.25, -0.2) is 0 Å². The van der Waals surface area contributed by atoms with Gasteiger partial charge in [0.05, 0.1) is 0 Å². The van der Waals surface area contributed by atoms with E-state index in [9.17, 15) is 0 Å². The van der Waals surface area contributed by atoms with Crippen LogP contribution in [0.4, 0.5) is 0 Å². The van der Waals surface area contributed by atoms with Gasteiger partial charge in [-0.3, -0.25) is 0 Å². The lowest BCUT2D eigenvalue weighted by Gasteiger charge is -2.19. The third-order valence-electron chi connectivity index (χ3n) is 3.91. The average Bonchev–Trinajstić information content (AvgIpc) is 2.43. The van der Waals surface area contributed by atoms with E-state index in [1.54, 1.807) is 0 Å². The van der Waals surface area contributed by atoms with Crippen molar-refractivity contribution in [3.63, 3.8) is 0 Å². The normalized spacial score (nSPS) is 12.6. The van der Waals surface area contributed by atoms with E-state index in [0.717, 1.165) is 6.42 Å². The zero-order valence-electron chi connectivity index (χ0n) is 12.5. The predicted octanol–water partition coefficient (Wildman–Crippen LogP) is 5.46. The highest BCUT2D eigenvalue weighted by Gasteiger charge is 2.15. The molecule has 21 heavy (non-hydrogen) atoms. The summed E-state index contributed by atoms with van der Waals surface area (Å²) in [6.07, 6.45) is 1.01. The molecule has 0 fully saturated rings. The number of fused-ring (bicyclic) bond motifs is 2. The van der Waals surface area contributed by atoms with Crippen molar-refractivity contribution >= 4 is 34.0 Å². The second-order valence-electron chi connectivity index (χ2n) is 5.97. The molecule has 0 aliphatic heterocycles. The lowest BCUT2D eigenvalue weighted by molar-refractivity contribution is 0.514. The SMILES string of the molecule is CC(C)C[C@H](N)c1c2ccccc2cc2ccccc12.Cl. The van der Waals surface area contributed by atoms with Crippen molar-refractivity contribution in [3.05, 3.63) is 60.2 Å². The highest BCUT2D eigenvalue weighted by Crippen LogP contribution is 2.34. The zero-order valence-corrected chi connectivity index (χ0v) is 13.4. The number of halogens is 1. The number of hydrogen-bond donors (Lipinski definition) is 1. The van der Waals surface area contributed by atoms with E-state index in [1.165, 1.54) is 27.1 Å². The molecule has 3 rings (SSSR count). The first-order chi connectivity index (χ1) is 9.66. The molecule has 1 atom stereocenters. The van der Waals surface area contributed by atoms with Crippen molar-refractivity contribution in [3.8, 4) is 0 Å². The number of rotatable bonds is 3. The molecule has 0 heterocycles. The molecule has 1 nitrogen and oxygen atoms in total. The molecule has 2 N–H and O–H groups in total. The quantitative estimate of drug-likeness (QED) is 0.638. The monoisotopic (exact) mass is 299 g/mol. The lowest BCUT2D eigenvalue weighted by Crippen LogP contribution is -2.14. The van der Waals surface area contributed by atoms with Crippen molar-refractivity contribution in [2.24, 2.45) is 11.7 Å². The van der Waals surface area contributed by atoms with Crippen LogP contribution >= 0.6 is 12.4 Å². The summed E-state index contributed by atoms with van der Waals surface area (Å²) in [7, 11) is 0. The van der Waals surface area contributed by atoms with Crippen LogP contribution in [0, 0.1) is 5.92 Å². The fraction of sp³-hybridized carbons (Fsp3) is 0.263. The Hall–Kier alpha value is -1.57. The van der Waals surface area contributed by atoms with Gasteiger partial charge in [0.2, 0.25) is 0 Å². The molecule has 0 unspecified atom stereocenters. The summed E-state index contributed by atoms with van der Waals surface area (Å²) in [6.45, 7) is 4.46. The summed E-state index contributed by atoms with van der Waals surface area (Å²) in [6, 6.07) is 19.5. The molecule has 0 bridgehead atoms. The van der Waals surface area contributed by atoms with Gasteiger partial charge in [-0.05, 0) is 45.5 Å². The second kappa shape index (κ2) is 6.46. The Morgan fingerprint density at radius 2 is 1.33 bits per heavy atom. The molecular weight excluding hydrogens is 278 g/mol. The molecule has 3 aromatic carbocycles. The molecule has 0 spiro atoms. The molecule has 3 aromatic rings. The van der Waals surface area contributed by atoms with Gasteiger partial charge in [0, 0.05) is 6.04 Å². The highest BCUT2D eigenvalue weighted by atomic mass is 35.5. The molecule has 0 aliphatic rings. The van der Waals surface area contributed by atoms with E-state index in [4.69, 9.17) is 5.73 Å².